The second kappa shape index (κ2) is 7.26. The Morgan fingerprint density at radius 3 is 2.27 bits per heavy atom. The number of anilines is 1. The number of nitrogens with zero attached hydrogens (tertiary/aromatic N) is 1. The summed E-state index contributed by atoms with van der Waals surface area (Å²) in [4.78, 5) is 40.4. The first-order valence-electron chi connectivity index (χ1n) is 10.5. The molecular weight excluding hydrogens is 434 g/mol. The molecule has 3 aliphatic rings. The van der Waals surface area contributed by atoms with Crippen molar-refractivity contribution in [2.24, 2.45) is 23.5 Å². The molecule has 0 spiro atoms. The van der Waals surface area contributed by atoms with Gasteiger partial charge in [-0.15, -0.1) is 0 Å². The number of Topliss-reactive ketones (excluding diaryl/α,β-unsaturated/α-hetero) is 2. The Morgan fingerprint density at radius 2 is 1.73 bits per heavy atom. The zero-order valence-electron chi connectivity index (χ0n) is 18.3. The third-order valence-corrected chi connectivity index (χ3v) is 7.53. The number of phenols is 1. The van der Waals surface area contributed by atoms with Crippen LogP contribution < -0.4 is 11.5 Å². The maximum Gasteiger partial charge on any atom is 0.230 e. The van der Waals surface area contributed by atoms with Crippen LogP contribution in [-0.4, -0.2) is 85.9 Å². The number of nitrogen functional groups attached to an aromatic ring is 1. The first-order chi connectivity index (χ1) is 15.3. The summed E-state index contributed by atoms with van der Waals surface area (Å²) in [6.45, 7) is 1.66. The van der Waals surface area contributed by atoms with Crippen molar-refractivity contribution in [3.8, 4) is 5.75 Å². The standard InChI is InChI=1S/C22H27N3O8/c1-6-7-4-5-8(23)15(26)10(7)16(27)11-9(6)17(28)13-14(25(2)3)18(29)12(21(24)32)20(31)22(13,33)19(11)30/h4-6,9,12-14,17-18,26-29,33H,23H2,1-3H3,(H2,24,32)/t6-,9+,12?,13+,14-,17-,18?,22-/m0/s1. The van der Waals surface area contributed by atoms with Crippen LogP contribution in [0.3, 0.4) is 0 Å². The third kappa shape index (κ3) is 2.73. The van der Waals surface area contributed by atoms with Crippen LogP contribution >= 0.6 is 0 Å². The SMILES string of the molecule is C[C@H]1c2ccc(N)c(O)c2C(O)=C2C(=O)[C@]3(O)C(=O)C(C(N)=O)C(O)[C@@H](N(C)C)[C@@H]3[C@@H](O)[C@@H]21. The van der Waals surface area contributed by atoms with Gasteiger partial charge in [-0.1, -0.05) is 13.0 Å². The van der Waals surface area contributed by atoms with Crippen molar-refractivity contribution in [2.45, 2.75) is 36.7 Å². The molecule has 1 aromatic rings. The summed E-state index contributed by atoms with van der Waals surface area (Å²) >= 11 is 0. The highest BCUT2D eigenvalue weighted by atomic mass is 16.3. The number of phenolic OH excluding ortho intramolecular Hbond substituents is 1. The van der Waals surface area contributed by atoms with Gasteiger partial charge < -0.3 is 41.9 Å². The van der Waals surface area contributed by atoms with E-state index in [9.17, 15) is 39.9 Å². The summed E-state index contributed by atoms with van der Waals surface area (Å²) in [7, 11) is 3.01. The largest absolute Gasteiger partial charge is 0.507 e. The summed E-state index contributed by atoms with van der Waals surface area (Å²) in [5.74, 6) is -10.1. The number of rotatable bonds is 2. The number of benzene rings is 1. The van der Waals surface area contributed by atoms with Crippen LogP contribution in [0.1, 0.15) is 24.0 Å². The Morgan fingerprint density at radius 1 is 1.12 bits per heavy atom. The molecule has 0 aliphatic heterocycles. The average molecular weight is 461 g/mol. The van der Waals surface area contributed by atoms with E-state index >= 15 is 0 Å². The number of likely N-dealkylation sites (N-methyl/N-ethyl adjacent to an activating group) is 1. The Balaban J connectivity index is 2.02. The minimum Gasteiger partial charge on any atom is -0.507 e. The predicted molar refractivity (Wildman–Crippen MR) is 115 cm³/mol. The number of aliphatic hydroxyl groups excluding tert-OH is 3. The molecule has 9 N–H and O–H groups in total. The number of carbonyl (C=O) groups excluding carboxylic acids is 3. The van der Waals surface area contributed by atoms with Crippen LogP contribution in [0.5, 0.6) is 5.75 Å². The van der Waals surface area contributed by atoms with E-state index in [4.69, 9.17) is 11.5 Å². The number of carbonyl (C=O) groups is 3. The molecule has 11 heteroatoms. The Labute approximate surface area is 188 Å². The van der Waals surface area contributed by atoms with E-state index in [2.05, 4.69) is 0 Å². The van der Waals surface area contributed by atoms with E-state index in [-0.39, 0.29) is 11.3 Å². The highest BCUT2D eigenvalue weighted by Gasteiger charge is 2.71. The van der Waals surface area contributed by atoms with Crippen molar-refractivity contribution in [2.75, 3.05) is 19.8 Å². The van der Waals surface area contributed by atoms with Crippen LogP contribution in [0.2, 0.25) is 0 Å². The smallest absolute Gasteiger partial charge is 0.230 e. The summed E-state index contributed by atoms with van der Waals surface area (Å²) in [5.41, 5.74) is 7.89. The van der Waals surface area contributed by atoms with Crippen LogP contribution in [0.25, 0.3) is 5.76 Å². The number of hydrogen-bond donors (Lipinski definition) is 7. The fourth-order valence-corrected chi connectivity index (χ4v) is 5.99. The van der Waals surface area contributed by atoms with Gasteiger partial charge in [-0.3, -0.25) is 14.4 Å². The molecule has 1 amide bonds. The van der Waals surface area contributed by atoms with Crippen molar-refractivity contribution >= 4 is 28.9 Å². The van der Waals surface area contributed by atoms with Gasteiger partial charge in [0.1, 0.15) is 17.4 Å². The van der Waals surface area contributed by atoms with E-state index in [1.807, 2.05) is 0 Å². The molecule has 3 aliphatic carbocycles. The van der Waals surface area contributed by atoms with E-state index in [0.717, 1.165) is 0 Å². The van der Waals surface area contributed by atoms with Gasteiger partial charge >= 0.3 is 0 Å². The lowest BCUT2D eigenvalue weighted by molar-refractivity contribution is -0.199. The van der Waals surface area contributed by atoms with Gasteiger partial charge in [0.05, 0.1) is 23.5 Å². The molecule has 1 aromatic carbocycles. The van der Waals surface area contributed by atoms with Crippen LogP contribution in [-0.2, 0) is 14.4 Å². The number of ketones is 2. The number of fused-ring (bicyclic) bond motifs is 3. The number of aliphatic hydroxyl groups is 4. The molecular formula is C22H27N3O8. The topological polar surface area (TPSA) is 208 Å². The second-order valence-electron chi connectivity index (χ2n) is 9.35. The Kier molecular flexibility index (Phi) is 5.10. The van der Waals surface area contributed by atoms with Gasteiger partial charge in [-0.05, 0) is 31.6 Å². The number of nitrogens with two attached hydrogens (primary N) is 2. The first-order valence-corrected chi connectivity index (χ1v) is 10.5. The number of amides is 1. The summed E-state index contributed by atoms with van der Waals surface area (Å²) in [6, 6.07) is 1.78. The molecule has 2 fully saturated rings. The number of primary amides is 1. The molecule has 0 bridgehead atoms. The van der Waals surface area contributed by atoms with E-state index in [1.165, 1.54) is 25.1 Å². The fraction of sp³-hybridized carbons (Fsp3) is 0.500. The highest BCUT2D eigenvalue weighted by molar-refractivity contribution is 6.25. The maximum absolute atomic E-state index is 13.7. The average Bonchev–Trinajstić information content (AvgIpc) is 2.72. The number of aromatic hydroxyl groups is 1. The van der Waals surface area contributed by atoms with Gasteiger partial charge in [0.15, 0.2) is 11.4 Å². The van der Waals surface area contributed by atoms with Crippen molar-refractivity contribution in [3.63, 3.8) is 0 Å². The van der Waals surface area contributed by atoms with Crippen molar-refractivity contribution in [1.29, 1.82) is 0 Å². The zero-order valence-corrected chi connectivity index (χ0v) is 18.3. The molecule has 0 aromatic heterocycles. The lowest BCUT2D eigenvalue weighted by Crippen LogP contribution is -2.76. The molecule has 0 saturated heterocycles. The lowest BCUT2D eigenvalue weighted by Gasteiger charge is -2.56. The minimum atomic E-state index is -2.94. The summed E-state index contributed by atoms with van der Waals surface area (Å²) in [6.07, 6.45) is -3.28. The van der Waals surface area contributed by atoms with Crippen molar-refractivity contribution in [3.05, 3.63) is 28.8 Å². The predicted octanol–water partition coefficient (Wildman–Crippen LogP) is -1.76. The number of hydrogen-bond acceptors (Lipinski definition) is 10. The first kappa shape index (κ1) is 23.2. The van der Waals surface area contributed by atoms with Crippen molar-refractivity contribution in [1.82, 2.24) is 4.90 Å². The molecule has 33 heavy (non-hydrogen) atoms. The van der Waals surface area contributed by atoms with E-state index < -0.39 is 82.1 Å². The quantitative estimate of drug-likeness (QED) is 0.150. The molecule has 0 heterocycles. The Bertz CT molecular complexity index is 1120. The van der Waals surface area contributed by atoms with E-state index in [1.54, 1.807) is 13.0 Å². The normalized spacial score (nSPS) is 38.1. The molecule has 8 atom stereocenters. The molecule has 2 unspecified atom stereocenters. The monoisotopic (exact) mass is 461 g/mol. The molecule has 11 nitrogen and oxygen atoms in total. The van der Waals surface area contributed by atoms with E-state index in [0.29, 0.717) is 5.56 Å². The molecule has 4 rings (SSSR count). The van der Waals surface area contributed by atoms with Crippen LogP contribution in [0.15, 0.2) is 17.7 Å². The van der Waals surface area contributed by atoms with Crippen LogP contribution in [0.4, 0.5) is 5.69 Å². The van der Waals surface area contributed by atoms with Crippen LogP contribution in [0, 0.1) is 17.8 Å². The Hall–Kier alpha value is -2.99. The fourth-order valence-electron chi connectivity index (χ4n) is 5.99. The van der Waals surface area contributed by atoms with Gasteiger partial charge in [-0.25, -0.2) is 0 Å². The molecule has 178 valence electrons. The minimum absolute atomic E-state index is 0.0646. The van der Waals surface area contributed by atoms with Gasteiger partial charge in [-0.2, -0.15) is 0 Å². The summed E-state index contributed by atoms with van der Waals surface area (Å²) < 4.78 is 0. The zero-order chi connectivity index (χ0) is 24.7. The molecule has 0 radical (unpaired) electrons. The highest BCUT2D eigenvalue weighted by Crippen LogP contribution is 2.56. The maximum atomic E-state index is 13.7. The van der Waals surface area contributed by atoms with Gasteiger partial charge in [0, 0.05) is 23.5 Å². The van der Waals surface area contributed by atoms with Crippen molar-refractivity contribution < 1.29 is 39.9 Å². The third-order valence-electron chi connectivity index (χ3n) is 7.53. The summed E-state index contributed by atoms with van der Waals surface area (Å²) in [5, 5.41) is 55.3. The van der Waals surface area contributed by atoms with Gasteiger partial charge in [0.25, 0.3) is 0 Å². The second-order valence-corrected chi connectivity index (χ2v) is 9.35. The lowest BCUT2D eigenvalue weighted by atomic mass is 9.52. The van der Waals surface area contributed by atoms with Gasteiger partial charge in [0.2, 0.25) is 11.7 Å². The molecule has 2 saturated carbocycles.